The van der Waals surface area contributed by atoms with Crippen molar-refractivity contribution in [2.24, 2.45) is 5.92 Å². The molecule has 21 heavy (non-hydrogen) atoms. The number of aliphatic hydroxyl groups is 1. The molecule has 7 heteroatoms. The number of amides is 1. The van der Waals surface area contributed by atoms with E-state index in [1.807, 2.05) is 0 Å². The standard InChI is InChI=1S/C14H16F3NO3/c15-9-5-8(11(16)13(20)12(9)17)14(21)18-10-4-2-1-3-7(10)6-19/h5,7,10,19-20H,1-4,6H2,(H,18,21). The van der Waals surface area contributed by atoms with E-state index in [0.717, 1.165) is 19.3 Å². The molecule has 0 radical (unpaired) electrons. The van der Waals surface area contributed by atoms with Gasteiger partial charge in [0, 0.05) is 18.6 Å². The van der Waals surface area contributed by atoms with Gasteiger partial charge in [-0.15, -0.1) is 0 Å². The summed E-state index contributed by atoms with van der Waals surface area (Å²) in [6.45, 7) is -0.115. The Labute approximate surface area is 119 Å². The van der Waals surface area contributed by atoms with Gasteiger partial charge in [-0.3, -0.25) is 4.79 Å². The Morgan fingerprint density at radius 1 is 1.24 bits per heavy atom. The molecule has 2 rings (SSSR count). The number of carbonyl (C=O) groups excluding carboxylic acids is 1. The van der Waals surface area contributed by atoms with Crippen LogP contribution >= 0.6 is 0 Å². The molecule has 0 bridgehead atoms. The van der Waals surface area contributed by atoms with Crippen molar-refractivity contribution in [2.45, 2.75) is 31.7 Å². The first-order chi connectivity index (χ1) is 9.95. The Balaban J connectivity index is 2.20. The van der Waals surface area contributed by atoms with Gasteiger partial charge in [0.15, 0.2) is 17.4 Å². The molecule has 1 fully saturated rings. The molecule has 1 saturated carbocycles. The van der Waals surface area contributed by atoms with E-state index in [1.165, 1.54) is 0 Å². The molecule has 0 aliphatic heterocycles. The van der Waals surface area contributed by atoms with Crippen molar-refractivity contribution in [3.8, 4) is 5.75 Å². The number of carbonyl (C=O) groups is 1. The number of aromatic hydroxyl groups is 1. The second kappa shape index (κ2) is 6.34. The van der Waals surface area contributed by atoms with Crippen molar-refractivity contribution in [3.63, 3.8) is 0 Å². The number of hydrogen-bond donors (Lipinski definition) is 3. The Morgan fingerprint density at radius 2 is 1.90 bits per heavy atom. The van der Waals surface area contributed by atoms with Gasteiger partial charge in [-0.25, -0.2) is 8.78 Å². The smallest absolute Gasteiger partial charge is 0.254 e. The van der Waals surface area contributed by atoms with Crippen LogP contribution in [0.15, 0.2) is 6.07 Å². The highest BCUT2D eigenvalue weighted by molar-refractivity contribution is 5.95. The van der Waals surface area contributed by atoms with E-state index < -0.39 is 34.7 Å². The summed E-state index contributed by atoms with van der Waals surface area (Å²) in [5.41, 5.74) is -0.756. The monoisotopic (exact) mass is 303 g/mol. The van der Waals surface area contributed by atoms with E-state index in [1.54, 1.807) is 0 Å². The summed E-state index contributed by atoms with van der Waals surface area (Å²) < 4.78 is 39.8. The number of phenolic OH excluding ortho intramolecular Hbond substituents is 1. The van der Waals surface area contributed by atoms with Gasteiger partial charge in [0.05, 0.1) is 5.56 Å². The normalized spacial score (nSPS) is 22.1. The van der Waals surface area contributed by atoms with Crippen LogP contribution in [0.2, 0.25) is 0 Å². The summed E-state index contributed by atoms with van der Waals surface area (Å²) in [7, 11) is 0. The van der Waals surface area contributed by atoms with E-state index >= 15 is 0 Å². The first-order valence-corrected chi connectivity index (χ1v) is 6.74. The summed E-state index contributed by atoms with van der Waals surface area (Å²) >= 11 is 0. The zero-order chi connectivity index (χ0) is 15.6. The predicted octanol–water partition coefficient (Wildman–Crippen LogP) is 2.09. The molecule has 1 aliphatic carbocycles. The molecule has 1 amide bonds. The van der Waals surface area contributed by atoms with E-state index in [0.29, 0.717) is 12.5 Å². The van der Waals surface area contributed by atoms with E-state index in [-0.39, 0.29) is 18.6 Å². The summed E-state index contributed by atoms with van der Waals surface area (Å²) in [5.74, 6) is -7.32. The lowest BCUT2D eigenvalue weighted by Gasteiger charge is -2.30. The van der Waals surface area contributed by atoms with Crippen molar-refractivity contribution in [1.82, 2.24) is 5.32 Å². The van der Waals surface area contributed by atoms with Gasteiger partial charge in [0.25, 0.3) is 5.91 Å². The van der Waals surface area contributed by atoms with E-state index in [4.69, 9.17) is 5.11 Å². The van der Waals surface area contributed by atoms with Crippen LogP contribution in [0.5, 0.6) is 5.75 Å². The van der Waals surface area contributed by atoms with Crippen molar-refractivity contribution in [3.05, 3.63) is 29.1 Å². The van der Waals surface area contributed by atoms with Gasteiger partial charge in [-0.1, -0.05) is 12.8 Å². The van der Waals surface area contributed by atoms with Crippen molar-refractivity contribution < 1.29 is 28.2 Å². The highest BCUT2D eigenvalue weighted by atomic mass is 19.2. The van der Waals surface area contributed by atoms with Crippen LogP contribution in [0, 0.1) is 23.4 Å². The van der Waals surface area contributed by atoms with Crippen LogP contribution in [0.1, 0.15) is 36.0 Å². The molecule has 3 N–H and O–H groups in total. The van der Waals surface area contributed by atoms with Crippen LogP contribution in [0.3, 0.4) is 0 Å². The predicted molar refractivity (Wildman–Crippen MR) is 68.3 cm³/mol. The number of halogens is 3. The number of phenols is 1. The molecule has 1 aliphatic rings. The third kappa shape index (κ3) is 3.12. The minimum absolute atomic E-state index is 0.115. The minimum Gasteiger partial charge on any atom is -0.503 e. The average Bonchev–Trinajstić information content (AvgIpc) is 2.49. The first kappa shape index (κ1) is 15.6. The summed E-state index contributed by atoms with van der Waals surface area (Å²) in [5, 5.41) is 20.9. The molecule has 1 aromatic rings. The van der Waals surface area contributed by atoms with Crippen LogP contribution in [-0.2, 0) is 0 Å². The molecule has 0 aromatic heterocycles. The number of nitrogens with one attached hydrogen (secondary N) is 1. The van der Waals surface area contributed by atoms with Gasteiger partial charge in [0.1, 0.15) is 0 Å². The van der Waals surface area contributed by atoms with E-state index in [9.17, 15) is 23.1 Å². The number of hydrogen-bond acceptors (Lipinski definition) is 3. The molecule has 2 atom stereocenters. The second-order valence-corrected chi connectivity index (χ2v) is 5.19. The largest absolute Gasteiger partial charge is 0.503 e. The Kier molecular flexibility index (Phi) is 4.72. The Morgan fingerprint density at radius 3 is 2.57 bits per heavy atom. The molecule has 0 heterocycles. The molecular weight excluding hydrogens is 287 g/mol. The topological polar surface area (TPSA) is 69.6 Å². The molecule has 1 aromatic carbocycles. The maximum atomic E-state index is 13.7. The second-order valence-electron chi connectivity index (χ2n) is 5.19. The van der Waals surface area contributed by atoms with E-state index in [2.05, 4.69) is 5.32 Å². The van der Waals surface area contributed by atoms with Gasteiger partial charge in [-0.2, -0.15) is 4.39 Å². The van der Waals surface area contributed by atoms with Crippen LogP contribution in [0.4, 0.5) is 13.2 Å². The lowest BCUT2D eigenvalue weighted by Crippen LogP contribution is -2.43. The molecule has 2 unspecified atom stereocenters. The van der Waals surface area contributed by atoms with Gasteiger partial charge < -0.3 is 15.5 Å². The molecule has 0 spiro atoms. The highest BCUT2D eigenvalue weighted by Gasteiger charge is 2.28. The fraction of sp³-hybridized carbons (Fsp3) is 0.500. The van der Waals surface area contributed by atoms with Crippen LogP contribution in [-0.4, -0.2) is 28.8 Å². The summed E-state index contributed by atoms with van der Waals surface area (Å²) in [6, 6.07) is 0.0576. The number of rotatable bonds is 3. The fourth-order valence-corrected chi connectivity index (χ4v) is 2.62. The number of benzene rings is 1. The third-order valence-electron chi connectivity index (χ3n) is 3.84. The zero-order valence-corrected chi connectivity index (χ0v) is 11.2. The maximum Gasteiger partial charge on any atom is 0.254 e. The molecule has 4 nitrogen and oxygen atoms in total. The van der Waals surface area contributed by atoms with Crippen molar-refractivity contribution >= 4 is 5.91 Å². The minimum atomic E-state index is -1.73. The highest BCUT2D eigenvalue weighted by Crippen LogP contribution is 2.27. The summed E-state index contributed by atoms with van der Waals surface area (Å²) in [6.07, 6.45) is 3.13. The molecule has 0 saturated heterocycles. The lowest BCUT2D eigenvalue weighted by atomic mass is 9.85. The quantitative estimate of drug-likeness (QED) is 0.749. The molecule has 116 valence electrons. The van der Waals surface area contributed by atoms with Gasteiger partial charge >= 0.3 is 0 Å². The molecular formula is C14H16F3NO3. The van der Waals surface area contributed by atoms with Gasteiger partial charge in [0.2, 0.25) is 5.82 Å². The zero-order valence-electron chi connectivity index (χ0n) is 11.2. The van der Waals surface area contributed by atoms with Crippen molar-refractivity contribution in [2.75, 3.05) is 6.61 Å². The first-order valence-electron chi connectivity index (χ1n) is 6.74. The SMILES string of the molecule is O=C(NC1CCCCC1CO)c1cc(F)c(F)c(O)c1F. The number of aliphatic hydroxyl groups excluding tert-OH is 1. The Bertz CT molecular complexity index is 551. The van der Waals surface area contributed by atoms with Gasteiger partial charge in [-0.05, 0) is 18.9 Å². The van der Waals surface area contributed by atoms with Crippen molar-refractivity contribution in [1.29, 1.82) is 0 Å². The fourth-order valence-electron chi connectivity index (χ4n) is 2.62. The van der Waals surface area contributed by atoms with Crippen LogP contribution in [0.25, 0.3) is 0 Å². The maximum absolute atomic E-state index is 13.7. The lowest BCUT2D eigenvalue weighted by molar-refractivity contribution is 0.0867. The van der Waals surface area contributed by atoms with Crippen LogP contribution < -0.4 is 5.32 Å². The average molecular weight is 303 g/mol. The third-order valence-corrected chi connectivity index (χ3v) is 3.84. The Hall–Kier alpha value is -1.76. The summed E-state index contributed by atoms with van der Waals surface area (Å²) in [4.78, 5) is 12.0.